The molecule has 11 nitrogen and oxygen atoms in total. The van der Waals surface area contributed by atoms with E-state index in [1.165, 1.54) is 101 Å². The first-order valence-electron chi connectivity index (χ1n) is 11.9. The Kier molecular flexibility index (Phi) is 46.2. The van der Waals surface area contributed by atoms with Crippen molar-refractivity contribution < 1.29 is 46.1 Å². The molecule has 1 rings (SSSR count). The highest BCUT2D eigenvalue weighted by atomic mass is 32.2. The summed E-state index contributed by atoms with van der Waals surface area (Å²) in [6.45, 7) is 2.26. The van der Waals surface area contributed by atoms with Crippen molar-refractivity contribution in [2.45, 2.75) is 115 Å². The van der Waals surface area contributed by atoms with Gasteiger partial charge in [-0.05, 0) is 30.7 Å². The summed E-state index contributed by atoms with van der Waals surface area (Å²) in [6.07, 6.45) is 19.2. The van der Waals surface area contributed by atoms with Gasteiger partial charge in [0.15, 0.2) is 17.4 Å². The van der Waals surface area contributed by atoms with Crippen molar-refractivity contribution in [3.8, 4) is 0 Å². The number of nitrogen functional groups attached to an aromatic ring is 1. The predicted octanol–water partition coefficient (Wildman–Crippen LogP) is 0.203. The van der Waals surface area contributed by atoms with E-state index in [1.807, 2.05) is 0 Å². The summed E-state index contributed by atoms with van der Waals surface area (Å²) in [7, 11) is -3.80. The lowest BCUT2D eigenvalue weighted by molar-refractivity contribution is -0.119. The molecule has 226 valence electrons. The SMILES string of the molecule is CCCCCCCCCCCCCCCCCC(=O)NS(=O)(=O)c1ccc(N)cc1.O.O.O.O.O.O.[AlH3]. The smallest absolute Gasteiger partial charge is 0.264 e. The molecule has 0 heterocycles. The minimum atomic E-state index is -3.80. The zero-order valence-corrected chi connectivity index (χ0v) is 22.6. The Hall–Kier alpha value is -1.27. The van der Waals surface area contributed by atoms with Crippen molar-refractivity contribution in [3.05, 3.63) is 24.3 Å². The topological polar surface area (TPSA) is 278 Å². The summed E-state index contributed by atoms with van der Waals surface area (Å²) in [5.74, 6) is -0.443. The summed E-state index contributed by atoms with van der Waals surface area (Å²) < 4.78 is 26.4. The third kappa shape index (κ3) is 27.6. The zero-order valence-electron chi connectivity index (χ0n) is 21.8. The second-order valence-electron chi connectivity index (χ2n) is 8.30. The molecule has 15 N–H and O–H groups in total. The standard InChI is InChI=1S/C24H42N2O3S.Al.6H2O.3H/c1-2-3-4-5-6-7-8-9-10-11-12-13-14-15-16-17-24(27)26-30(28,29)23-20-18-22(25)19-21-23;;;;;;;;;;/h18-21H,2-17,25H2,1H3,(H,26,27);;6*1H2;;;. The fraction of sp³-hybridized carbons (Fsp3) is 0.708. The third-order valence-corrected chi connectivity index (χ3v) is 6.84. The summed E-state index contributed by atoms with van der Waals surface area (Å²) >= 11 is 0. The molecule has 1 aromatic rings. The molecule has 1 amide bonds. The van der Waals surface area contributed by atoms with Gasteiger partial charge in [-0.15, -0.1) is 0 Å². The quantitative estimate of drug-likeness (QED) is 0.141. The van der Waals surface area contributed by atoms with E-state index in [0.29, 0.717) is 5.69 Å². The Morgan fingerprint density at radius 3 is 1.32 bits per heavy atom. The maximum atomic E-state index is 12.1. The maximum absolute atomic E-state index is 12.1. The number of benzene rings is 1. The Bertz CT molecular complexity index is 694. The number of sulfonamides is 1. The number of hydrogen-bond donors (Lipinski definition) is 2. The van der Waals surface area contributed by atoms with E-state index in [-0.39, 0.29) is 61.5 Å². The molecular formula is C24H57AlN2O9S. The van der Waals surface area contributed by atoms with Crippen LogP contribution in [0.4, 0.5) is 5.69 Å². The molecule has 37 heavy (non-hydrogen) atoms. The van der Waals surface area contributed by atoms with Crippen LogP contribution in [-0.2, 0) is 14.8 Å². The Morgan fingerprint density at radius 1 is 0.649 bits per heavy atom. The van der Waals surface area contributed by atoms with Crippen molar-refractivity contribution >= 4 is 39.0 Å². The average Bonchev–Trinajstić information content (AvgIpc) is 2.71. The molecule has 0 atom stereocenters. The first-order chi connectivity index (χ1) is 14.5. The average molecular weight is 577 g/mol. The van der Waals surface area contributed by atoms with Gasteiger partial charge in [-0.1, -0.05) is 96.8 Å². The summed E-state index contributed by atoms with van der Waals surface area (Å²) in [5, 5.41) is 0. The number of carbonyl (C=O) groups is 1. The molecule has 0 aliphatic carbocycles. The van der Waals surface area contributed by atoms with Gasteiger partial charge in [0, 0.05) is 12.1 Å². The van der Waals surface area contributed by atoms with Gasteiger partial charge in [-0.2, -0.15) is 0 Å². The molecule has 0 saturated carbocycles. The van der Waals surface area contributed by atoms with Gasteiger partial charge in [-0.3, -0.25) is 4.79 Å². The van der Waals surface area contributed by atoms with Crippen molar-refractivity contribution in [2.75, 3.05) is 5.73 Å². The number of nitrogens with two attached hydrogens (primary N) is 1. The molecule has 0 spiro atoms. The lowest BCUT2D eigenvalue weighted by Gasteiger charge is -2.07. The van der Waals surface area contributed by atoms with Crippen LogP contribution in [0.15, 0.2) is 29.2 Å². The maximum Gasteiger partial charge on any atom is 0.264 e. The van der Waals surface area contributed by atoms with Gasteiger partial charge in [0.2, 0.25) is 5.91 Å². The molecule has 0 unspecified atom stereocenters. The van der Waals surface area contributed by atoms with Crippen LogP contribution in [-0.4, -0.2) is 64.5 Å². The van der Waals surface area contributed by atoms with Gasteiger partial charge in [0.05, 0.1) is 4.90 Å². The van der Waals surface area contributed by atoms with Crippen molar-refractivity contribution in [3.63, 3.8) is 0 Å². The lowest BCUT2D eigenvalue weighted by atomic mass is 10.0. The van der Waals surface area contributed by atoms with E-state index in [9.17, 15) is 13.2 Å². The lowest BCUT2D eigenvalue weighted by Crippen LogP contribution is -2.30. The molecule has 1 aromatic carbocycles. The highest BCUT2D eigenvalue weighted by Gasteiger charge is 2.16. The fourth-order valence-electron chi connectivity index (χ4n) is 3.56. The zero-order chi connectivity index (χ0) is 22.1. The van der Waals surface area contributed by atoms with Crippen molar-refractivity contribution in [1.82, 2.24) is 4.72 Å². The molecule has 13 heteroatoms. The van der Waals surface area contributed by atoms with E-state index in [1.54, 1.807) is 0 Å². The molecule has 0 bridgehead atoms. The van der Waals surface area contributed by atoms with Crippen LogP contribution in [0.2, 0.25) is 0 Å². The van der Waals surface area contributed by atoms with Crippen LogP contribution in [0.5, 0.6) is 0 Å². The highest BCUT2D eigenvalue weighted by molar-refractivity contribution is 7.90. The number of carbonyl (C=O) groups excluding carboxylic acids is 1. The number of nitrogens with one attached hydrogen (secondary N) is 1. The monoisotopic (exact) mass is 576 g/mol. The minimum Gasteiger partial charge on any atom is -0.412 e. The van der Waals surface area contributed by atoms with Crippen LogP contribution in [0, 0.1) is 0 Å². The fourth-order valence-corrected chi connectivity index (χ4v) is 4.58. The van der Waals surface area contributed by atoms with Crippen LogP contribution in [0.1, 0.15) is 110 Å². The third-order valence-electron chi connectivity index (χ3n) is 5.45. The molecule has 0 saturated heterocycles. The van der Waals surface area contributed by atoms with E-state index >= 15 is 0 Å². The molecule has 0 aliphatic heterocycles. The molecule has 0 fully saturated rings. The highest BCUT2D eigenvalue weighted by Crippen LogP contribution is 2.14. The first kappa shape index (κ1) is 52.2. The van der Waals surface area contributed by atoms with Gasteiger partial charge in [0.1, 0.15) is 0 Å². The summed E-state index contributed by atoms with van der Waals surface area (Å²) in [4.78, 5) is 12.0. The summed E-state index contributed by atoms with van der Waals surface area (Å²) in [6, 6.07) is 5.82. The number of unbranched alkanes of at least 4 members (excludes halogenated alkanes) is 14. The minimum absolute atomic E-state index is 0. The van der Waals surface area contributed by atoms with Gasteiger partial charge in [-0.25, -0.2) is 13.1 Å². The predicted molar refractivity (Wildman–Crippen MR) is 157 cm³/mol. The second kappa shape index (κ2) is 32.8. The van der Waals surface area contributed by atoms with Crippen LogP contribution < -0.4 is 10.5 Å². The van der Waals surface area contributed by atoms with E-state index in [0.717, 1.165) is 19.3 Å². The number of rotatable bonds is 18. The van der Waals surface area contributed by atoms with Crippen LogP contribution in [0.25, 0.3) is 0 Å². The van der Waals surface area contributed by atoms with E-state index < -0.39 is 15.9 Å². The largest absolute Gasteiger partial charge is 0.412 e. The molecule has 0 aromatic heterocycles. The van der Waals surface area contributed by atoms with Crippen molar-refractivity contribution in [2.24, 2.45) is 0 Å². The normalized spacial score (nSPS) is 9.32. The Morgan fingerprint density at radius 2 is 0.973 bits per heavy atom. The Labute approximate surface area is 234 Å². The number of amides is 1. The number of anilines is 1. The molecular weight excluding hydrogens is 519 g/mol. The molecule has 0 aliphatic rings. The van der Waals surface area contributed by atoms with Gasteiger partial charge < -0.3 is 38.6 Å². The second-order valence-corrected chi connectivity index (χ2v) is 9.98. The Balaban J connectivity index is -0.000000257. The van der Waals surface area contributed by atoms with Gasteiger partial charge in [0.25, 0.3) is 10.0 Å². The van der Waals surface area contributed by atoms with E-state index in [4.69, 9.17) is 5.73 Å². The van der Waals surface area contributed by atoms with Crippen LogP contribution >= 0.6 is 0 Å². The van der Waals surface area contributed by atoms with Crippen molar-refractivity contribution in [1.29, 1.82) is 0 Å². The molecule has 0 radical (unpaired) electrons. The van der Waals surface area contributed by atoms with Crippen LogP contribution in [0.3, 0.4) is 0 Å². The van der Waals surface area contributed by atoms with Gasteiger partial charge >= 0.3 is 0 Å². The van der Waals surface area contributed by atoms with E-state index in [2.05, 4.69) is 11.6 Å². The summed E-state index contributed by atoms with van der Waals surface area (Å²) in [5.41, 5.74) is 6.04. The number of hydrogen-bond acceptors (Lipinski definition) is 4. The first-order valence-corrected chi connectivity index (χ1v) is 13.3.